The molecule has 0 radical (unpaired) electrons. The fourth-order valence-corrected chi connectivity index (χ4v) is 2.50. The highest BCUT2D eigenvalue weighted by molar-refractivity contribution is 5.85. The number of aromatic nitrogens is 1. The number of hydrogen-bond acceptors (Lipinski definition) is 2. The van der Waals surface area contributed by atoms with Gasteiger partial charge in [0.2, 0.25) is 5.91 Å². The Morgan fingerprint density at radius 1 is 1.09 bits per heavy atom. The predicted molar refractivity (Wildman–Crippen MR) is 86.3 cm³/mol. The molecule has 3 rings (SSSR count). The molecule has 0 bridgehead atoms. The van der Waals surface area contributed by atoms with Crippen molar-refractivity contribution in [2.24, 2.45) is 0 Å². The third-order valence-electron chi connectivity index (χ3n) is 3.70. The van der Waals surface area contributed by atoms with Crippen molar-refractivity contribution in [1.29, 1.82) is 0 Å². The summed E-state index contributed by atoms with van der Waals surface area (Å²) in [5.74, 6) is -0.353. The second kappa shape index (κ2) is 6.45. The predicted octanol–water partition coefficient (Wildman–Crippen LogP) is 2.39. The molecule has 4 nitrogen and oxygen atoms in total. The Hall–Kier alpha value is -2.59. The first-order chi connectivity index (χ1) is 10.7. The van der Waals surface area contributed by atoms with Crippen LogP contribution in [0.25, 0.3) is 10.9 Å². The number of H-pyrrole nitrogens is 1. The van der Waals surface area contributed by atoms with Gasteiger partial charge in [0, 0.05) is 30.1 Å². The van der Waals surface area contributed by atoms with E-state index in [9.17, 15) is 9.90 Å². The molecular formula is C18H18N2O2. The Labute approximate surface area is 128 Å². The van der Waals surface area contributed by atoms with Crippen LogP contribution >= 0.6 is 0 Å². The minimum absolute atomic E-state index is 0.296. The standard InChI is InChI=1S/C18H18N2O2/c21-17(18(22)20-11-13-6-2-1-3-7-13)10-14-12-19-16-9-5-4-8-15(14)16/h1-9,12,17,19,21H,10-11H2,(H,20,22). The number of hydrogen-bond donors (Lipinski definition) is 3. The lowest BCUT2D eigenvalue weighted by atomic mass is 10.1. The molecule has 1 amide bonds. The Bertz CT molecular complexity index is 765. The van der Waals surface area contributed by atoms with Gasteiger partial charge < -0.3 is 15.4 Å². The summed E-state index contributed by atoms with van der Waals surface area (Å²) >= 11 is 0. The van der Waals surface area contributed by atoms with Gasteiger partial charge in [-0.25, -0.2) is 0 Å². The monoisotopic (exact) mass is 294 g/mol. The van der Waals surface area contributed by atoms with Gasteiger partial charge in [-0.3, -0.25) is 4.79 Å². The molecule has 0 aliphatic rings. The highest BCUT2D eigenvalue weighted by Crippen LogP contribution is 2.19. The zero-order chi connectivity index (χ0) is 15.4. The molecular weight excluding hydrogens is 276 g/mol. The number of amides is 1. The second-order valence-corrected chi connectivity index (χ2v) is 5.28. The molecule has 22 heavy (non-hydrogen) atoms. The van der Waals surface area contributed by atoms with Crippen molar-refractivity contribution in [3.63, 3.8) is 0 Å². The molecule has 0 aliphatic heterocycles. The number of aliphatic hydroxyl groups excluding tert-OH is 1. The fourth-order valence-electron chi connectivity index (χ4n) is 2.50. The van der Waals surface area contributed by atoms with E-state index < -0.39 is 6.10 Å². The van der Waals surface area contributed by atoms with E-state index in [1.54, 1.807) is 0 Å². The third kappa shape index (κ3) is 3.18. The van der Waals surface area contributed by atoms with Crippen LogP contribution in [0.5, 0.6) is 0 Å². The van der Waals surface area contributed by atoms with Crippen molar-refractivity contribution in [3.8, 4) is 0 Å². The summed E-state index contributed by atoms with van der Waals surface area (Å²) in [5, 5.41) is 13.9. The third-order valence-corrected chi connectivity index (χ3v) is 3.70. The van der Waals surface area contributed by atoms with E-state index in [1.165, 1.54) is 0 Å². The minimum atomic E-state index is -1.05. The van der Waals surface area contributed by atoms with Gasteiger partial charge in [0.05, 0.1) is 0 Å². The Balaban J connectivity index is 1.61. The van der Waals surface area contributed by atoms with Crippen LogP contribution in [0.15, 0.2) is 60.8 Å². The molecule has 0 fully saturated rings. The molecule has 1 unspecified atom stereocenters. The smallest absolute Gasteiger partial charge is 0.249 e. The lowest BCUT2D eigenvalue weighted by molar-refractivity contribution is -0.129. The van der Waals surface area contributed by atoms with Crippen LogP contribution < -0.4 is 5.32 Å². The van der Waals surface area contributed by atoms with Crippen LogP contribution in [0.3, 0.4) is 0 Å². The second-order valence-electron chi connectivity index (χ2n) is 5.28. The van der Waals surface area contributed by atoms with E-state index in [4.69, 9.17) is 0 Å². The summed E-state index contributed by atoms with van der Waals surface area (Å²) in [6.07, 6.45) is 1.09. The van der Waals surface area contributed by atoms with Crippen LogP contribution in [-0.4, -0.2) is 22.1 Å². The number of fused-ring (bicyclic) bond motifs is 1. The first-order valence-corrected chi connectivity index (χ1v) is 7.29. The molecule has 0 saturated heterocycles. The van der Waals surface area contributed by atoms with E-state index in [0.29, 0.717) is 13.0 Å². The lowest BCUT2D eigenvalue weighted by Crippen LogP contribution is -2.35. The average Bonchev–Trinajstić information content (AvgIpc) is 2.97. The number of para-hydroxylation sites is 1. The van der Waals surface area contributed by atoms with E-state index in [1.807, 2.05) is 60.8 Å². The fraction of sp³-hybridized carbons (Fsp3) is 0.167. The number of rotatable bonds is 5. The molecule has 4 heteroatoms. The Morgan fingerprint density at radius 2 is 1.82 bits per heavy atom. The minimum Gasteiger partial charge on any atom is -0.383 e. The lowest BCUT2D eigenvalue weighted by Gasteiger charge is -2.11. The maximum absolute atomic E-state index is 12.0. The highest BCUT2D eigenvalue weighted by Gasteiger charge is 2.17. The van der Waals surface area contributed by atoms with E-state index in [0.717, 1.165) is 22.0 Å². The summed E-state index contributed by atoms with van der Waals surface area (Å²) in [4.78, 5) is 15.2. The average molecular weight is 294 g/mol. The first-order valence-electron chi connectivity index (χ1n) is 7.29. The van der Waals surface area contributed by atoms with Crippen LogP contribution in [-0.2, 0) is 17.8 Å². The summed E-state index contributed by atoms with van der Waals surface area (Å²) in [7, 11) is 0. The molecule has 112 valence electrons. The SMILES string of the molecule is O=C(NCc1ccccc1)C(O)Cc1c[nH]c2ccccc12. The summed E-state index contributed by atoms with van der Waals surface area (Å²) in [6, 6.07) is 17.5. The topological polar surface area (TPSA) is 65.1 Å². The van der Waals surface area contributed by atoms with Crippen molar-refractivity contribution in [3.05, 3.63) is 71.9 Å². The number of aromatic amines is 1. The molecule has 2 aromatic carbocycles. The number of carbonyl (C=O) groups is 1. The van der Waals surface area contributed by atoms with Gasteiger partial charge in [-0.2, -0.15) is 0 Å². The zero-order valence-electron chi connectivity index (χ0n) is 12.1. The Kier molecular flexibility index (Phi) is 4.21. The van der Waals surface area contributed by atoms with E-state index in [2.05, 4.69) is 10.3 Å². The van der Waals surface area contributed by atoms with Crippen molar-refractivity contribution in [1.82, 2.24) is 10.3 Å². The van der Waals surface area contributed by atoms with Crippen LogP contribution in [0.2, 0.25) is 0 Å². The first kappa shape index (κ1) is 14.4. The van der Waals surface area contributed by atoms with Crippen molar-refractivity contribution >= 4 is 16.8 Å². The maximum atomic E-state index is 12.0. The van der Waals surface area contributed by atoms with Crippen molar-refractivity contribution in [2.45, 2.75) is 19.1 Å². The van der Waals surface area contributed by atoms with E-state index in [-0.39, 0.29) is 5.91 Å². The normalized spacial score (nSPS) is 12.2. The molecule has 1 aromatic heterocycles. The molecule has 1 atom stereocenters. The zero-order valence-corrected chi connectivity index (χ0v) is 12.1. The molecule has 0 saturated carbocycles. The van der Waals surface area contributed by atoms with Gasteiger partial charge in [0.1, 0.15) is 6.10 Å². The largest absolute Gasteiger partial charge is 0.383 e. The van der Waals surface area contributed by atoms with Crippen molar-refractivity contribution < 1.29 is 9.90 Å². The maximum Gasteiger partial charge on any atom is 0.249 e. The van der Waals surface area contributed by atoms with Gasteiger partial charge >= 0.3 is 0 Å². The quantitative estimate of drug-likeness (QED) is 0.676. The Morgan fingerprint density at radius 3 is 2.64 bits per heavy atom. The van der Waals surface area contributed by atoms with Crippen molar-refractivity contribution in [2.75, 3.05) is 0 Å². The summed E-state index contributed by atoms with van der Waals surface area (Å²) in [6.45, 7) is 0.421. The number of nitrogens with one attached hydrogen (secondary N) is 2. The molecule has 3 N–H and O–H groups in total. The molecule has 1 heterocycles. The number of carbonyl (C=O) groups excluding carboxylic acids is 1. The van der Waals surface area contributed by atoms with E-state index >= 15 is 0 Å². The summed E-state index contributed by atoms with van der Waals surface area (Å²) in [5.41, 5.74) is 2.96. The number of aliphatic hydroxyl groups is 1. The number of benzene rings is 2. The summed E-state index contributed by atoms with van der Waals surface area (Å²) < 4.78 is 0. The van der Waals surface area contributed by atoms with Gasteiger partial charge in [-0.1, -0.05) is 48.5 Å². The molecule has 0 aliphatic carbocycles. The molecule has 0 spiro atoms. The van der Waals surface area contributed by atoms with Gasteiger partial charge in [-0.05, 0) is 17.2 Å². The van der Waals surface area contributed by atoms with Gasteiger partial charge in [0.15, 0.2) is 0 Å². The highest BCUT2D eigenvalue weighted by atomic mass is 16.3. The van der Waals surface area contributed by atoms with Crippen LogP contribution in [0, 0.1) is 0 Å². The van der Waals surface area contributed by atoms with Gasteiger partial charge in [-0.15, -0.1) is 0 Å². The van der Waals surface area contributed by atoms with Crippen LogP contribution in [0.1, 0.15) is 11.1 Å². The van der Waals surface area contributed by atoms with Gasteiger partial charge in [0.25, 0.3) is 0 Å². The molecule has 3 aromatic rings. The van der Waals surface area contributed by atoms with Crippen LogP contribution in [0.4, 0.5) is 0 Å².